The van der Waals surface area contributed by atoms with E-state index in [9.17, 15) is 0 Å². The van der Waals surface area contributed by atoms with Gasteiger partial charge >= 0.3 is 0 Å². The number of ether oxygens (including phenoxy) is 4. The van der Waals surface area contributed by atoms with Crippen molar-refractivity contribution in [3.8, 4) is 17.2 Å². The average Bonchev–Trinajstić information content (AvgIpc) is 2.67. The van der Waals surface area contributed by atoms with Gasteiger partial charge in [0, 0.05) is 13.1 Å². The molecule has 0 saturated carbocycles. The van der Waals surface area contributed by atoms with Crippen LogP contribution in [0.1, 0.15) is 17.2 Å². The summed E-state index contributed by atoms with van der Waals surface area (Å²) < 4.78 is 23.2. The molecule has 25 heavy (non-hydrogen) atoms. The van der Waals surface area contributed by atoms with Crippen molar-refractivity contribution in [2.45, 2.75) is 19.1 Å². The van der Waals surface area contributed by atoms with Gasteiger partial charge in [-0.2, -0.15) is 0 Å². The topological polar surface area (TPSA) is 49.0 Å². The molecule has 0 aliphatic carbocycles. The van der Waals surface area contributed by atoms with Crippen molar-refractivity contribution in [1.82, 2.24) is 5.32 Å². The van der Waals surface area contributed by atoms with Crippen molar-refractivity contribution in [2.75, 3.05) is 33.9 Å². The van der Waals surface area contributed by atoms with Crippen LogP contribution >= 0.6 is 0 Å². The molecule has 1 saturated heterocycles. The number of hydrogen-bond acceptors (Lipinski definition) is 5. The minimum Gasteiger partial charge on any atom is -0.497 e. The summed E-state index contributed by atoms with van der Waals surface area (Å²) in [7, 11) is 3.32. The molecule has 2 aromatic rings. The minimum atomic E-state index is -0.264. The molecule has 1 heterocycles. The molecule has 2 atom stereocenters. The third-order valence-electron chi connectivity index (χ3n) is 4.29. The van der Waals surface area contributed by atoms with Crippen LogP contribution in [0.25, 0.3) is 0 Å². The number of rotatable bonds is 6. The number of methoxy groups -OCH3 is 2. The summed E-state index contributed by atoms with van der Waals surface area (Å²) in [6, 6.07) is 13.8. The summed E-state index contributed by atoms with van der Waals surface area (Å²) in [5.74, 6) is 2.22. The van der Waals surface area contributed by atoms with Crippen molar-refractivity contribution in [3.05, 3.63) is 53.6 Å². The van der Waals surface area contributed by atoms with Crippen molar-refractivity contribution in [3.63, 3.8) is 0 Å². The molecule has 1 N–H and O–H groups in total. The van der Waals surface area contributed by atoms with Gasteiger partial charge in [0.15, 0.2) is 17.6 Å². The summed E-state index contributed by atoms with van der Waals surface area (Å²) >= 11 is 0. The molecule has 134 valence electrons. The highest BCUT2D eigenvalue weighted by Gasteiger charge is 2.29. The largest absolute Gasteiger partial charge is 0.497 e. The molecule has 0 spiro atoms. The zero-order chi connectivity index (χ0) is 17.6. The minimum absolute atomic E-state index is 0.0909. The van der Waals surface area contributed by atoms with Crippen LogP contribution in [0.3, 0.4) is 0 Å². The van der Waals surface area contributed by atoms with Gasteiger partial charge in [0.1, 0.15) is 11.9 Å². The van der Waals surface area contributed by atoms with Crippen LogP contribution in [0.5, 0.6) is 17.2 Å². The first-order valence-corrected chi connectivity index (χ1v) is 8.49. The fourth-order valence-corrected chi connectivity index (χ4v) is 2.97. The third-order valence-corrected chi connectivity index (χ3v) is 4.29. The van der Waals surface area contributed by atoms with Crippen LogP contribution in [0.15, 0.2) is 42.5 Å². The lowest BCUT2D eigenvalue weighted by Crippen LogP contribution is -2.43. The van der Waals surface area contributed by atoms with Crippen LogP contribution < -0.4 is 19.5 Å². The van der Waals surface area contributed by atoms with E-state index < -0.39 is 0 Å². The van der Waals surface area contributed by atoms with E-state index in [1.165, 1.54) is 0 Å². The fourth-order valence-electron chi connectivity index (χ4n) is 2.97. The van der Waals surface area contributed by atoms with Gasteiger partial charge in [-0.1, -0.05) is 18.2 Å². The van der Waals surface area contributed by atoms with E-state index in [0.29, 0.717) is 12.4 Å². The second-order valence-corrected chi connectivity index (χ2v) is 6.08. The lowest BCUT2D eigenvalue weighted by Gasteiger charge is -2.32. The molecular formula is C20H25NO4. The van der Waals surface area contributed by atoms with E-state index in [2.05, 4.69) is 5.32 Å². The normalized spacial score (nSPS) is 18.4. The van der Waals surface area contributed by atoms with Crippen LogP contribution in [0.2, 0.25) is 0 Å². The van der Waals surface area contributed by atoms with E-state index in [-0.39, 0.29) is 12.2 Å². The summed E-state index contributed by atoms with van der Waals surface area (Å²) in [4.78, 5) is 0. The first kappa shape index (κ1) is 17.6. The van der Waals surface area contributed by atoms with Gasteiger partial charge in [-0.25, -0.2) is 0 Å². The molecule has 1 fully saturated rings. The van der Waals surface area contributed by atoms with Crippen molar-refractivity contribution >= 4 is 0 Å². The number of morpholine rings is 1. The Balaban J connectivity index is 1.93. The Bertz CT molecular complexity index is 698. The molecule has 2 aromatic carbocycles. The standard InChI is InChI=1S/C20H25NO4/c1-14-7-8-17(18(11-14)23-3)25-20(19-13-21-9-10-24-19)15-5-4-6-16(12-15)22-2/h4-8,11-12,19-21H,9-10,13H2,1-3H3/t19-,20?/m0/s1. The van der Waals surface area contributed by atoms with E-state index >= 15 is 0 Å². The van der Waals surface area contributed by atoms with Crippen LogP contribution in [0, 0.1) is 6.92 Å². The van der Waals surface area contributed by atoms with E-state index in [1.807, 2.05) is 49.4 Å². The Morgan fingerprint density at radius 2 is 1.96 bits per heavy atom. The monoisotopic (exact) mass is 343 g/mol. The molecule has 3 rings (SSSR count). The second kappa shape index (κ2) is 8.23. The Hall–Kier alpha value is -2.24. The Morgan fingerprint density at radius 3 is 2.68 bits per heavy atom. The smallest absolute Gasteiger partial charge is 0.162 e. The van der Waals surface area contributed by atoms with Crippen LogP contribution in [0.4, 0.5) is 0 Å². The zero-order valence-electron chi connectivity index (χ0n) is 15.0. The summed E-state index contributed by atoms with van der Waals surface area (Å²) in [6.07, 6.45) is -0.355. The predicted molar refractivity (Wildman–Crippen MR) is 96.7 cm³/mol. The number of aryl methyl sites for hydroxylation is 1. The first-order valence-electron chi connectivity index (χ1n) is 8.49. The molecule has 0 aromatic heterocycles. The van der Waals surface area contributed by atoms with Gasteiger partial charge in [-0.15, -0.1) is 0 Å². The highest BCUT2D eigenvalue weighted by Crippen LogP contribution is 2.35. The molecule has 0 radical (unpaired) electrons. The maximum atomic E-state index is 6.37. The lowest BCUT2D eigenvalue weighted by atomic mass is 10.0. The van der Waals surface area contributed by atoms with Crippen LogP contribution in [-0.2, 0) is 4.74 Å². The molecule has 5 heteroatoms. The summed E-state index contributed by atoms with van der Waals surface area (Å²) in [6.45, 7) is 4.28. The predicted octanol–water partition coefficient (Wildman–Crippen LogP) is 3.12. The Morgan fingerprint density at radius 1 is 1.08 bits per heavy atom. The SMILES string of the molecule is COc1cccc(C(Oc2ccc(C)cc2OC)[C@@H]2CNCCO2)c1. The maximum absolute atomic E-state index is 6.37. The lowest BCUT2D eigenvalue weighted by molar-refractivity contribution is -0.0438. The quantitative estimate of drug-likeness (QED) is 0.873. The second-order valence-electron chi connectivity index (χ2n) is 6.08. The van der Waals surface area contributed by atoms with E-state index in [1.54, 1.807) is 14.2 Å². The van der Waals surface area contributed by atoms with Crippen molar-refractivity contribution < 1.29 is 18.9 Å². The average molecular weight is 343 g/mol. The maximum Gasteiger partial charge on any atom is 0.162 e. The molecule has 0 bridgehead atoms. The number of nitrogens with one attached hydrogen (secondary N) is 1. The van der Waals surface area contributed by atoms with Crippen molar-refractivity contribution in [2.24, 2.45) is 0 Å². The molecule has 1 unspecified atom stereocenters. The molecule has 0 amide bonds. The van der Waals surface area contributed by atoms with E-state index in [4.69, 9.17) is 18.9 Å². The summed E-state index contributed by atoms with van der Waals surface area (Å²) in [5, 5.41) is 3.37. The van der Waals surface area contributed by atoms with E-state index in [0.717, 1.165) is 35.7 Å². The number of benzene rings is 2. The Labute approximate surface area is 148 Å². The number of hydrogen-bond donors (Lipinski definition) is 1. The first-order chi connectivity index (χ1) is 12.2. The van der Waals surface area contributed by atoms with Gasteiger partial charge in [-0.05, 0) is 42.3 Å². The zero-order valence-corrected chi connectivity index (χ0v) is 15.0. The molecule has 5 nitrogen and oxygen atoms in total. The molecular weight excluding hydrogens is 318 g/mol. The molecule has 1 aliphatic heterocycles. The molecule has 1 aliphatic rings. The highest BCUT2D eigenvalue weighted by molar-refractivity contribution is 5.43. The summed E-state index contributed by atoms with van der Waals surface area (Å²) in [5.41, 5.74) is 2.13. The fraction of sp³-hybridized carbons (Fsp3) is 0.400. The third kappa shape index (κ3) is 4.24. The van der Waals surface area contributed by atoms with Gasteiger partial charge in [0.05, 0.1) is 20.8 Å². The van der Waals surface area contributed by atoms with Crippen molar-refractivity contribution in [1.29, 1.82) is 0 Å². The van der Waals surface area contributed by atoms with Gasteiger partial charge in [0.25, 0.3) is 0 Å². The van der Waals surface area contributed by atoms with Gasteiger partial charge in [0.2, 0.25) is 0 Å². The Kier molecular flexibility index (Phi) is 5.79. The van der Waals surface area contributed by atoms with Gasteiger partial charge in [-0.3, -0.25) is 0 Å². The van der Waals surface area contributed by atoms with Crippen LogP contribution in [-0.4, -0.2) is 40.0 Å². The highest BCUT2D eigenvalue weighted by atomic mass is 16.6. The van der Waals surface area contributed by atoms with Gasteiger partial charge < -0.3 is 24.3 Å².